The fourth-order valence-electron chi connectivity index (χ4n) is 3.96. The van der Waals surface area contributed by atoms with Gasteiger partial charge in [0.25, 0.3) is 0 Å². The van der Waals surface area contributed by atoms with Gasteiger partial charge in [0, 0.05) is 43.4 Å². The molecular weight excluding hydrogens is 548 g/mol. The van der Waals surface area contributed by atoms with E-state index in [1.54, 1.807) is 13.1 Å². The maximum Gasteiger partial charge on any atom is 0.433 e. The zero-order valence-electron chi connectivity index (χ0n) is 19.6. The molecule has 3 N–H and O–H groups in total. The summed E-state index contributed by atoms with van der Waals surface area (Å²) in [4.78, 5) is 16.4. The third kappa shape index (κ3) is 5.04. The number of aryl methyl sites for hydroxylation is 1. The molecule has 38 heavy (non-hydrogen) atoms. The van der Waals surface area contributed by atoms with Crippen LogP contribution in [-0.2, 0) is 18.0 Å². The Hall–Kier alpha value is -3.68. The van der Waals surface area contributed by atoms with E-state index in [4.69, 9.17) is 38.1 Å². The molecule has 2 aliphatic heterocycles. The van der Waals surface area contributed by atoms with E-state index in [1.165, 1.54) is 23.2 Å². The molecule has 0 aromatic carbocycles. The number of hydrogen-bond acceptors (Lipinski definition) is 9. The van der Waals surface area contributed by atoms with E-state index in [-0.39, 0.29) is 56.3 Å². The summed E-state index contributed by atoms with van der Waals surface area (Å²) in [5.41, 5.74) is 0.258. The SMILES string of the molecule is Cn1c(Nc2cc(C3CCOC3)nc(C(F)(F)F)c2)nc2ncc(O/C(C=N)=C3/NC=CN=C3Cl)c(Cl)c21. The Bertz CT molecular complexity index is 1510. The van der Waals surface area contributed by atoms with Crippen LogP contribution < -0.4 is 15.4 Å². The molecule has 0 aliphatic carbocycles. The molecule has 1 saturated heterocycles. The van der Waals surface area contributed by atoms with Gasteiger partial charge in [-0.15, -0.1) is 0 Å². The Morgan fingerprint density at radius 1 is 1.32 bits per heavy atom. The van der Waals surface area contributed by atoms with Gasteiger partial charge in [0.1, 0.15) is 21.9 Å². The molecule has 0 bridgehead atoms. The molecule has 1 fully saturated rings. The van der Waals surface area contributed by atoms with Crippen molar-refractivity contribution in [3.63, 3.8) is 0 Å². The van der Waals surface area contributed by atoms with Gasteiger partial charge < -0.3 is 30.1 Å². The quantitative estimate of drug-likeness (QED) is 0.275. The van der Waals surface area contributed by atoms with Gasteiger partial charge in [-0.2, -0.15) is 18.2 Å². The van der Waals surface area contributed by atoms with Crippen LogP contribution >= 0.6 is 23.2 Å². The summed E-state index contributed by atoms with van der Waals surface area (Å²) in [6.07, 6.45) is 1.17. The van der Waals surface area contributed by atoms with Crippen molar-refractivity contribution in [2.75, 3.05) is 18.5 Å². The Morgan fingerprint density at radius 3 is 2.82 bits per heavy atom. The summed E-state index contributed by atoms with van der Waals surface area (Å²) in [7, 11) is 1.62. The molecule has 0 spiro atoms. The summed E-state index contributed by atoms with van der Waals surface area (Å²) >= 11 is 12.7. The Labute approximate surface area is 223 Å². The van der Waals surface area contributed by atoms with Crippen molar-refractivity contribution in [1.29, 1.82) is 5.41 Å². The molecule has 15 heteroatoms. The number of imidazole rings is 1. The fraction of sp³-hybridized carbons (Fsp3) is 0.261. The van der Waals surface area contributed by atoms with Crippen molar-refractivity contribution >= 4 is 57.4 Å². The average molecular weight is 567 g/mol. The Morgan fingerprint density at radius 2 is 2.13 bits per heavy atom. The van der Waals surface area contributed by atoms with Crippen molar-refractivity contribution in [2.24, 2.45) is 12.0 Å². The molecule has 10 nitrogen and oxygen atoms in total. The highest BCUT2D eigenvalue weighted by molar-refractivity contribution is 6.69. The normalized spacial score (nSPS) is 18.8. The zero-order valence-corrected chi connectivity index (χ0v) is 21.1. The predicted octanol–water partition coefficient (Wildman–Crippen LogP) is 5.23. The maximum absolute atomic E-state index is 13.6. The minimum Gasteiger partial charge on any atom is -0.450 e. The lowest BCUT2D eigenvalue weighted by atomic mass is 10.0. The van der Waals surface area contributed by atoms with Gasteiger partial charge in [-0.05, 0) is 18.6 Å². The molecule has 0 radical (unpaired) electrons. The zero-order chi connectivity index (χ0) is 27.0. The van der Waals surface area contributed by atoms with Gasteiger partial charge in [0.15, 0.2) is 22.3 Å². The number of allylic oxidation sites excluding steroid dienone is 2. The minimum atomic E-state index is -4.63. The molecule has 3 aromatic rings. The highest BCUT2D eigenvalue weighted by atomic mass is 35.5. The highest BCUT2D eigenvalue weighted by Crippen LogP contribution is 2.36. The summed E-state index contributed by atoms with van der Waals surface area (Å²) in [6, 6.07) is 2.47. The van der Waals surface area contributed by atoms with Crippen LogP contribution in [0.4, 0.5) is 24.8 Å². The predicted molar refractivity (Wildman–Crippen MR) is 136 cm³/mol. The summed E-state index contributed by atoms with van der Waals surface area (Å²) < 4.78 is 53.4. The smallest absolute Gasteiger partial charge is 0.433 e. The molecular formula is C23H19Cl2F3N8O2. The van der Waals surface area contributed by atoms with Crippen molar-refractivity contribution in [2.45, 2.75) is 18.5 Å². The monoisotopic (exact) mass is 566 g/mol. The largest absolute Gasteiger partial charge is 0.450 e. The van der Waals surface area contributed by atoms with Crippen LogP contribution in [0.1, 0.15) is 23.7 Å². The van der Waals surface area contributed by atoms with Crippen molar-refractivity contribution in [3.05, 3.63) is 58.6 Å². The number of aliphatic imine (C=N–C) groups is 1. The number of nitrogens with zero attached hydrogens (tertiary/aromatic N) is 5. The van der Waals surface area contributed by atoms with E-state index in [0.29, 0.717) is 25.2 Å². The van der Waals surface area contributed by atoms with Gasteiger partial charge in [0.2, 0.25) is 5.95 Å². The molecule has 5 heterocycles. The van der Waals surface area contributed by atoms with E-state index in [0.717, 1.165) is 12.3 Å². The molecule has 1 unspecified atom stereocenters. The molecule has 198 valence electrons. The first-order valence-electron chi connectivity index (χ1n) is 11.2. The van der Waals surface area contributed by atoms with Crippen LogP contribution in [0.25, 0.3) is 11.2 Å². The number of halogens is 5. The van der Waals surface area contributed by atoms with E-state index < -0.39 is 11.9 Å². The fourth-order valence-corrected chi connectivity index (χ4v) is 4.47. The number of rotatable bonds is 6. The van der Waals surface area contributed by atoms with Gasteiger partial charge in [0.05, 0.1) is 19.0 Å². The average Bonchev–Trinajstić information content (AvgIpc) is 3.53. The van der Waals surface area contributed by atoms with Crippen molar-refractivity contribution in [3.8, 4) is 5.75 Å². The number of aromatic nitrogens is 4. The van der Waals surface area contributed by atoms with Crippen LogP contribution in [0.15, 0.2) is 47.2 Å². The summed E-state index contributed by atoms with van der Waals surface area (Å²) in [6.45, 7) is 0.770. The highest BCUT2D eigenvalue weighted by Gasteiger charge is 2.34. The van der Waals surface area contributed by atoms with Crippen LogP contribution in [0, 0.1) is 5.41 Å². The van der Waals surface area contributed by atoms with Crippen LogP contribution in [0.3, 0.4) is 0 Å². The van der Waals surface area contributed by atoms with E-state index in [1.807, 2.05) is 0 Å². The standard InChI is InChI=1S/C23H19Cl2F3N8O2/c1-36-19-17(24)15(38-14(8-29)18-20(25)31-4-3-30-18)9-32-21(19)35-22(36)33-12-6-13(11-2-5-37-10-11)34-16(7-12)23(26,27)28/h3-4,6-9,11,29-30H,2,5,10H2,1H3,(H,32,33,34,35)/b18-14+,29-8?. The van der Waals surface area contributed by atoms with Crippen LogP contribution in [0.5, 0.6) is 5.75 Å². The molecule has 2 aliphatic rings. The Kier molecular flexibility index (Phi) is 6.99. The maximum atomic E-state index is 13.6. The third-order valence-electron chi connectivity index (χ3n) is 5.84. The second-order valence-electron chi connectivity index (χ2n) is 8.32. The number of hydrogen-bond donors (Lipinski definition) is 3. The van der Waals surface area contributed by atoms with Crippen molar-refractivity contribution in [1.82, 2.24) is 24.8 Å². The number of ether oxygens (including phenoxy) is 2. The van der Waals surface area contributed by atoms with Gasteiger partial charge in [-0.1, -0.05) is 23.2 Å². The number of alkyl halides is 3. The lowest BCUT2D eigenvalue weighted by molar-refractivity contribution is -0.141. The first-order chi connectivity index (χ1) is 18.2. The molecule has 5 rings (SSSR count). The molecule has 1 atom stereocenters. The minimum absolute atomic E-state index is 0.0338. The van der Waals surface area contributed by atoms with E-state index >= 15 is 0 Å². The van der Waals surface area contributed by atoms with Gasteiger partial charge in [-0.3, -0.25) is 0 Å². The lowest BCUT2D eigenvalue weighted by Crippen LogP contribution is -2.20. The molecule has 3 aromatic heterocycles. The van der Waals surface area contributed by atoms with Crippen molar-refractivity contribution < 1.29 is 22.6 Å². The summed E-state index contributed by atoms with van der Waals surface area (Å²) in [5, 5.41) is 13.7. The van der Waals surface area contributed by atoms with E-state index in [2.05, 4.69) is 30.6 Å². The van der Waals surface area contributed by atoms with Gasteiger partial charge in [-0.25, -0.2) is 15.0 Å². The second-order valence-corrected chi connectivity index (χ2v) is 9.05. The summed E-state index contributed by atoms with van der Waals surface area (Å²) in [5.74, 6) is 0.0947. The first kappa shape index (κ1) is 25.9. The second kappa shape index (κ2) is 10.2. The number of pyridine rings is 2. The number of nitrogens with one attached hydrogen (secondary N) is 3. The van der Waals surface area contributed by atoms with E-state index in [9.17, 15) is 13.2 Å². The Balaban J connectivity index is 1.50. The lowest BCUT2D eigenvalue weighted by Gasteiger charge is -2.15. The third-order valence-corrected chi connectivity index (χ3v) is 6.49. The van der Waals surface area contributed by atoms with Gasteiger partial charge >= 0.3 is 6.18 Å². The van der Waals surface area contributed by atoms with Crippen LogP contribution in [0.2, 0.25) is 5.02 Å². The topological polar surface area (TPSA) is 122 Å². The molecule has 0 saturated carbocycles. The van der Waals surface area contributed by atoms with Crippen LogP contribution in [-0.4, -0.2) is 44.1 Å². The number of fused-ring (bicyclic) bond motifs is 1. The number of anilines is 2. The first-order valence-corrected chi connectivity index (χ1v) is 11.9. The molecule has 0 amide bonds.